The molecular formula is C15H23BrN2O. The van der Waals surface area contributed by atoms with Gasteiger partial charge in [-0.05, 0) is 36.6 Å². The van der Waals surface area contributed by atoms with Crippen molar-refractivity contribution in [3.05, 3.63) is 28.2 Å². The van der Waals surface area contributed by atoms with E-state index < -0.39 is 0 Å². The first-order valence-electron chi connectivity index (χ1n) is 7.04. The van der Waals surface area contributed by atoms with E-state index in [-0.39, 0.29) is 12.6 Å². The zero-order valence-electron chi connectivity index (χ0n) is 11.7. The van der Waals surface area contributed by atoms with Crippen molar-refractivity contribution in [1.82, 2.24) is 5.32 Å². The van der Waals surface area contributed by atoms with Gasteiger partial charge in [0.15, 0.2) is 0 Å². The summed E-state index contributed by atoms with van der Waals surface area (Å²) < 4.78 is 1.10. The molecule has 0 aromatic heterocycles. The van der Waals surface area contributed by atoms with Crippen molar-refractivity contribution >= 4 is 21.6 Å². The van der Waals surface area contributed by atoms with Crippen molar-refractivity contribution in [2.45, 2.75) is 32.9 Å². The summed E-state index contributed by atoms with van der Waals surface area (Å²) in [6, 6.07) is 6.67. The lowest BCUT2D eigenvalue weighted by molar-refractivity contribution is 0.244. The highest BCUT2D eigenvalue weighted by Crippen LogP contribution is 2.33. The summed E-state index contributed by atoms with van der Waals surface area (Å²) in [5, 5.41) is 13.0. The zero-order valence-corrected chi connectivity index (χ0v) is 13.3. The lowest BCUT2D eigenvalue weighted by atomic mass is 10.0. The minimum absolute atomic E-state index is 0.230. The quantitative estimate of drug-likeness (QED) is 0.873. The van der Waals surface area contributed by atoms with Crippen LogP contribution in [0.4, 0.5) is 5.69 Å². The van der Waals surface area contributed by atoms with Crippen LogP contribution in [0.2, 0.25) is 0 Å². The van der Waals surface area contributed by atoms with Crippen molar-refractivity contribution in [2.75, 3.05) is 24.6 Å². The normalized spacial score (nSPS) is 23.1. The van der Waals surface area contributed by atoms with Crippen molar-refractivity contribution in [3.8, 4) is 0 Å². The van der Waals surface area contributed by atoms with Gasteiger partial charge in [0, 0.05) is 23.2 Å². The summed E-state index contributed by atoms with van der Waals surface area (Å²) >= 11 is 3.56. The average Bonchev–Trinajstić information content (AvgIpc) is 2.78. The standard InChI is InChI=1S/C15H23BrN2O/c1-3-17-9-12-4-5-13(16)8-14(12)18-7-6-11(2)15(18)10-19/h4-5,8,11,15,17,19H,3,6-7,9-10H2,1-2H3. The highest BCUT2D eigenvalue weighted by atomic mass is 79.9. The minimum Gasteiger partial charge on any atom is -0.394 e. The van der Waals surface area contributed by atoms with E-state index in [2.05, 4.69) is 58.2 Å². The first-order valence-corrected chi connectivity index (χ1v) is 7.83. The second-order valence-electron chi connectivity index (χ2n) is 5.26. The molecule has 3 nitrogen and oxygen atoms in total. The monoisotopic (exact) mass is 326 g/mol. The summed E-state index contributed by atoms with van der Waals surface area (Å²) in [6.45, 7) is 7.45. The molecule has 1 aliphatic heterocycles. The van der Waals surface area contributed by atoms with Crippen LogP contribution in [0.3, 0.4) is 0 Å². The Hall–Kier alpha value is -0.580. The number of halogens is 1. The van der Waals surface area contributed by atoms with Crippen molar-refractivity contribution in [2.24, 2.45) is 5.92 Å². The van der Waals surface area contributed by atoms with Crippen LogP contribution in [0.25, 0.3) is 0 Å². The Labute approximate surface area is 124 Å². The molecule has 2 unspecified atom stereocenters. The maximum Gasteiger partial charge on any atom is 0.0637 e. The number of rotatable bonds is 5. The average molecular weight is 327 g/mol. The van der Waals surface area contributed by atoms with Gasteiger partial charge in [-0.3, -0.25) is 0 Å². The first kappa shape index (κ1) is 14.8. The molecule has 1 aromatic rings. The van der Waals surface area contributed by atoms with Crippen molar-refractivity contribution in [3.63, 3.8) is 0 Å². The first-order chi connectivity index (χ1) is 9.17. The molecule has 2 atom stereocenters. The largest absolute Gasteiger partial charge is 0.394 e. The van der Waals surface area contributed by atoms with Crippen LogP contribution in [0.15, 0.2) is 22.7 Å². The molecule has 4 heteroatoms. The van der Waals surface area contributed by atoms with E-state index >= 15 is 0 Å². The molecule has 1 aromatic carbocycles. The van der Waals surface area contributed by atoms with Gasteiger partial charge in [0.05, 0.1) is 12.6 Å². The number of hydrogen-bond acceptors (Lipinski definition) is 3. The maximum atomic E-state index is 9.64. The Morgan fingerprint density at radius 2 is 2.26 bits per heavy atom. The molecule has 0 saturated carbocycles. The van der Waals surface area contributed by atoms with Crippen LogP contribution in [0, 0.1) is 5.92 Å². The topological polar surface area (TPSA) is 35.5 Å². The Balaban J connectivity index is 2.28. The summed E-state index contributed by atoms with van der Waals surface area (Å²) in [5.41, 5.74) is 2.55. The molecule has 0 bridgehead atoms. The van der Waals surface area contributed by atoms with Crippen LogP contribution >= 0.6 is 15.9 Å². The lowest BCUT2D eigenvalue weighted by Gasteiger charge is -2.29. The molecule has 0 spiro atoms. The Kier molecular flexibility index (Phi) is 5.25. The van der Waals surface area contributed by atoms with E-state index in [1.54, 1.807) is 0 Å². The van der Waals surface area contributed by atoms with Crippen LogP contribution in [-0.2, 0) is 6.54 Å². The van der Waals surface area contributed by atoms with Gasteiger partial charge >= 0.3 is 0 Å². The second-order valence-corrected chi connectivity index (χ2v) is 6.18. The number of aliphatic hydroxyl groups is 1. The van der Waals surface area contributed by atoms with Crippen LogP contribution < -0.4 is 10.2 Å². The molecule has 0 amide bonds. The fraction of sp³-hybridized carbons (Fsp3) is 0.600. The van der Waals surface area contributed by atoms with Crippen LogP contribution in [-0.4, -0.2) is 30.8 Å². The highest BCUT2D eigenvalue weighted by molar-refractivity contribution is 9.10. The van der Waals surface area contributed by atoms with Gasteiger partial charge in [-0.15, -0.1) is 0 Å². The molecule has 106 valence electrons. The summed E-state index contributed by atoms with van der Waals surface area (Å²) in [4.78, 5) is 2.36. The minimum atomic E-state index is 0.230. The van der Waals surface area contributed by atoms with E-state index in [4.69, 9.17) is 0 Å². The van der Waals surface area contributed by atoms with Gasteiger partial charge in [0.25, 0.3) is 0 Å². The zero-order chi connectivity index (χ0) is 13.8. The number of aliphatic hydroxyl groups excluding tert-OH is 1. The summed E-state index contributed by atoms with van der Waals surface area (Å²) in [5.74, 6) is 0.552. The van der Waals surface area contributed by atoms with Crippen molar-refractivity contribution in [1.29, 1.82) is 0 Å². The fourth-order valence-electron chi connectivity index (χ4n) is 2.80. The van der Waals surface area contributed by atoms with E-state index in [1.807, 2.05) is 0 Å². The number of hydrogen-bond donors (Lipinski definition) is 2. The van der Waals surface area contributed by atoms with Crippen LogP contribution in [0.1, 0.15) is 25.8 Å². The third-order valence-electron chi connectivity index (χ3n) is 3.99. The molecule has 1 aliphatic rings. The van der Waals surface area contributed by atoms with Gasteiger partial charge in [-0.2, -0.15) is 0 Å². The van der Waals surface area contributed by atoms with Crippen molar-refractivity contribution < 1.29 is 5.11 Å². The van der Waals surface area contributed by atoms with E-state index in [0.717, 1.165) is 30.5 Å². The molecular weight excluding hydrogens is 304 g/mol. The smallest absolute Gasteiger partial charge is 0.0637 e. The second kappa shape index (κ2) is 6.73. The molecule has 2 N–H and O–H groups in total. The van der Waals surface area contributed by atoms with Crippen LogP contribution in [0.5, 0.6) is 0 Å². The van der Waals surface area contributed by atoms with Gasteiger partial charge < -0.3 is 15.3 Å². The molecule has 1 heterocycles. The predicted octanol–water partition coefficient (Wildman–Crippen LogP) is 2.77. The number of benzene rings is 1. The van der Waals surface area contributed by atoms with E-state index in [1.165, 1.54) is 11.3 Å². The summed E-state index contributed by atoms with van der Waals surface area (Å²) in [7, 11) is 0. The van der Waals surface area contributed by atoms with Gasteiger partial charge in [0.2, 0.25) is 0 Å². The Morgan fingerprint density at radius 3 is 2.95 bits per heavy atom. The third kappa shape index (κ3) is 3.30. The predicted molar refractivity (Wildman–Crippen MR) is 83.5 cm³/mol. The number of anilines is 1. The number of nitrogens with one attached hydrogen (secondary N) is 1. The van der Waals surface area contributed by atoms with Gasteiger partial charge in [-0.1, -0.05) is 35.8 Å². The molecule has 1 fully saturated rings. The van der Waals surface area contributed by atoms with Gasteiger partial charge in [-0.25, -0.2) is 0 Å². The fourth-order valence-corrected chi connectivity index (χ4v) is 3.15. The highest BCUT2D eigenvalue weighted by Gasteiger charge is 2.31. The molecule has 1 saturated heterocycles. The Morgan fingerprint density at radius 1 is 1.47 bits per heavy atom. The van der Waals surface area contributed by atoms with E-state index in [9.17, 15) is 5.11 Å². The molecule has 19 heavy (non-hydrogen) atoms. The molecule has 0 aliphatic carbocycles. The third-order valence-corrected chi connectivity index (χ3v) is 4.49. The molecule has 0 radical (unpaired) electrons. The Bertz CT molecular complexity index is 425. The number of nitrogens with zero attached hydrogens (tertiary/aromatic N) is 1. The van der Waals surface area contributed by atoms with Gasteiger partial charge in [0.1, 0.15) is 0 Å². The SMILES string of the molecule is CCNCc1ccc(Br)cc1N1CCC(C)C1CO. The van der Waals surface area contributed by atoms with E-state index in [0.29, 0.717) is 5.92 Å². The summed E-state index contributed by atoms with van der Waals surface area (Å²) in [6.07, 6.45) is 1.15. The maximum absolute atomic E-state index is 9.64. The molecule has 2 rings (SSSR count). The lowest BCUT2D eigenvalue weighted by Crippen LogP contribution is -2.36.